The lowest BCUT2D eigenvalue weighted by molar-refractivity contribution is 0.750. The average Bonchev–Trinajstić information content (AvgIpc) is 2.80. The Morgan fingerprint density at radius 1 is 1.20 bits per heavy atom. The Hall–Kier alpha value is -1.28. The molecule has 0 aliphatic heterocycles. The molecule has 0 amide bonds. The number of nitrogens with one attached hydrogen (secondary N) is 1. The van der Waals surface area contributed by atoms with Gasteiger partial charge in [-0.2, -0.15) is 11.3 Å². The molecule has 78 valence electrons. The Bertz CT molecular complexity index is 380. The van der Waals surface area contributed by atoms with E-state index in [4.69, 9.17) is 0 Å². The van der Waals surface area contributed by atoms with Crippen molar-refractivity contribution in [2.75, 3.05) is 5.32 Å². The lowest BCUT2D eigenvalue weighted by atomic mass is 10.0. The number of hydrogen-bond acceptors (Lipinski definition) is 2. The van der Waals surface area contributed by atoms with Crippen LogP contribution < -0.4 is 5.32 Å². The van der Waals surface area contributed by atoms with Gasteiger partial charge in [0, 0.05) is 11.1 Å². The van der Waals surface area contributed by atoms with E-state index in [9.17, 15) is 0 Å². The molecule has 0 saturated carbocycles. The minimum absolute atomic E-state index is 0.417. The summed E-state index contributed by atoms with van der Waals surface area (Å²) in [6, 6.07) is 13.1. The van der Waals surface area contributed by atoms with Gasteiger partial charge < -0.3 is 5.32 Å². The van der Waals surface area contributed by atoms with Gasteiger partial charge in [-0.05, 0) is 23.4 Å². The highest BCUT2D eigenvalue weighted by Gasteiger charge is 2.07. The predicted octanol–water partition coefficient (Wildman–Crippen LogP) is 4.31. The van der Waals surface area contributed by atoms with Crippen LogP contribution in [0, 0.1) is 0 Å². The highest BCUT2D eigenvalue weighted by Crippen LogP contribution is 2.23. The third-order valence-corrected chi connectivity index (χ3v) is 3.16. The molecule has 1 aromatic carbocycles. The quantitative estimate of drug-likeness (QED) is 0.804. The third-order valence-electron chi connectivity index (χ3n) is 2.47. The molecule has 1 atom stereocenters. The molecule has 1 nitrogen and oxygen atoms in total. The Kier molecular flexibility index (Phi) is 3.41. The zero-order valence-corrected chi connectivity index (χ0v) is 9.63. The van der Waals surface area contributed by atoms with Crippen LogP contribution in [-0.4, -0.2) is 0 Å². The maximum Gasteiger partial charge on any atom is 0.0511 e. The molecule has 0 bridgehead atoms. The van der Waals surface area contributed by atoms with E-state index in [1.165, 1.54) is 11.3 Å². The van der Waals surface area contributed by atoms with Crippen LogP contribution in [0.3, 0.4) is 0 Å². The van der Waals surface area contributed by atoms with Crippen LogP contribution in [0.2, 0.25) is 0 Å². The molecule has 1 aromatic heterocycles. The van der Waals surface area contributed by atoms with Gasteiger partial charge in [0.15, 0.2) is 0 Å². The fourth-order valence-corrected chi connectivity index (χ4v) is 2.25. The van der Waals surface area contributed by atoms with Crippen molar-refractivity contribution in [2.24, 2.45) is 0 Å². The fourth-order valence-electron chi connectivity index (χ4n) is 1.65. The van der Waals surface area contributed by atoms with E-state index in [2.05, 4.69) is 59.4 Å². The normalized spacial score (nSPS) is 12.3. The van der Waals surface area contributed by atoms with E-state index in [-0.39, 0.29) is 0 Å². The van der Waals surface area contributed by atoms with Gasteiger partial charge >= 0.3 is 0 Å². The van der Waals surface area contributed by atoms with Gasteiger partial charge in [0.25, 0.3) is 0 Å². The van der Waals surface area contributed by atoms with Gasteiger partial charge in [0.2, 0.25) is 0 Å². The van der Waals surface area contributed by atoms with E-state index in [0.29, 0.717) is 6.04 Å². The second-order valence-electron chi connectivity index (χ2n) is 3.53. The zero-order valence-electron chi connectivity index (χ0n) is 8.81. The molecular formula is C13H15NS. The predicted molar refractivity (Wildman–Crippen MR) is 67.4 cm³/mol. The summed E-state index contributed by atoms with van der Waals surface area (Å²) in [6.45, 7) is 2.21. The number of benzene rings is 1. The highest BCUT2D eigenvalue weighted by molar-refractivity contribution is 7.08. The van der Waals surface area contributed by atoms with Gasteiger partial charge in [0.05, 0.1) is 6.04 Å². The average molecular weight is 217 g/mol. The standard InChI is InChI=1S/C13H15NS/c1-2-13(11-6-4-3-5-7-11)14-12-8-9-15-10-12/h3-10,13-14H,2H2,1H3. The molecule has 1 unspecified atom stereocenters. The van der Waals surface area contributed by atoms with Crippen molar-refractivity contribution in [3.63, 3.8) is 0 Å². The smallest absolute Gasteiger partial charge is 0.0511 e. The molecular weight excluding hydrogens is 202 g/mol. The first-order chi connectivity index (χ1) is 7.40. The number of thiophene rings is 1. The molecule has 15 heavy (non-hydrogen) atoms. The molecule has 2 rings (SSSR count). The molecule has 0 aliphatic carbocycles. The van der Waals surface area contributed by atoms with Crippen molar-refractivity contribution in [1.82, 2.24) is 0 Å². The molecule has 0 aliphatic rings. The second-order valence-corrected chi connectivity index (χ2v) is 4.31. The van der Waals surface area contributed by atoms with Gasteiger partial charge in [-0.3, -0.25) is 0 Å². The monoisotopic (exact) mass is 217 g/mol. The Morgan fingerprint density at radius 2 is 2.00 bits per heavy atom. The number of hydrogen-bond donors (Lipinski definition) is 1. The largest absolute Gasteiger partial charge is 0.378 e. The highest BCUT2D eigenvalue weighted by atomic mass is 32.1. The summed E-state index contributed by atoms with van der Waals surface area (Å²) in [6.07, 6.45) is 1.10. The summed E-state index contributed by atoms with van der Waals surface area (Å²) >= 11 is 1.72. The molecule has 0 fully saturated rings. The number of rotatable bonds is 4. The van der Waals surface area contributed by atoms with Crippen molar-refractivity contribution in [2.45, 2.75) is 19.4 Å². The van der Waals surface area contributed by atoms with Crippen LogP contribution in [0.4, 0.5) is 5.69 Å². The van der Waals surface area contributed by atoms with E-state index in [0.717, 1.165) is 6.42 Å². The maximum atomic E-state index is 3.54. The van der Waals surface area contributed by atoms with Crippen LogP contribution in [0.5, 0.6) is 0 Å². The summed E-state index contributed by atoms with van der Waals surface area (Å²) in [5.74, 6) is 0. The molecule has 0 radical (unpaired) electrons. The summed E-state index contributed by atoms with van der Waals surface area (Å²) in [4.78, 5) is 0. The Labute approximate surface area is 94.8 Å². The molecule has 1 heterocycles. The van der Waals surface area contributed by atoms with Gasteiger partial charge in [-0.15, -0.1) is 0 Å². The fraction of sp³-hybridized carbons (Fsp3) is 0.231. The minimum Gasteiger partial charge on any atom is -0.378 e. The molecule has 0 saturated heterocycles. The molecule has 0 spiro atoms. The third kappa shape index (κ3) is 2.60. The summed E-state index contributed by atoms with van der Waals surface area (Å²) in [7, 11) is 0. The van der Waals surface area contributed by atoms with E-state index in [1.807, 2.05) is 0 Å². The zero-order chi connectivity index (χ0) is 10.5. The Morgan fingerprint density at radius 3 is 2.60 bits per heavy atom. The summed E-state index contributed by atoms with van der Waals surface area (Å²) < 4.78 is 0. The summed E-state index contributed by atoms with van der Waals surface area (Å²) in [5, 5.41) is 7.78. The van der Waals surface area contributed by atoms with Gasteiger partial charge in [-0.25, -0.2) is 0 Å². The first kappa shape index (κ1) is 10.2. The molecule has 2 heteroatoms. The van der Waals surface area contributed by atoms with E-state index in [1.54, 1.807) is 11.3 Å². The van der Waals surface area contributed by atoms with Crippen LogP contribution in [0.1, 0.15) is 24.9 Å². The lowest BCUT2D eigenvalue weighted by Crippen LogP contribution is -2.08. The van der Waals surface area contributed by atoms with Crippen LogP contribution >= 0.6 is 11.3 Å². The van der Waals surface area contributed by atoms with Crippen LogP contribution in [-0.2, 0) is 0 Å². The van der Waals surface area contributed by atoms with Crippen molar-refractivity contribution in [1.29, 1.82) is 0 Å². The Balaban J connectivity index is 2.12. The molecule has 2 aromatic rings. The van der Waals surface area contributed by atoms with Crippen molar-refractivity contribution < 1.29 is 0 Å². The molecule has 1 N–H and O–H groups in total. The van der Waals surface area contributed by atoms with Crippen molar-refractivity contribution in [3.8, 4) is 0 Å². The van der Waals surface area contributed by atoms with Crippen molar-refractivity contribution in [3.05, 3.63) is 52.7 Å². The topological polar surface area (TPSA) is 12.0 Å². The van der Waals surface area contributed by atoms with Gasteiger partial charge in [0.1, 0.15) is 0 Å². The summed E-state index contributed by atoms with van der Waals surface area (Å²) in [5.41, 5.74) is 2.57. The minimum atomic E-state index is 0.417. The lowest BCUT2D eigenvalue weighted by Gasteiger charge is -2.17. The van der Waals surface area contributed by atoms with E-state index >= 15 is 0 Å². The first-order valence-corrected chi connectivity index (χ1v) is 6.18. The second kappa shape index (κ2) is 4.99. The van der Waals surface area contributed by atoms with E-state index < -0.39 is 0 Å². The van der Waals surface area contributed by atoms with Gasteiger partial charge in [-0.1, -0.05) is 37.3 Å². The SMILES string of the molecule is CCC(Nc1ccsc1)c1ccccc1. The van der Waals surface area contributed by atoms with Crippen molar-refractivity contribution >= 4 is 17.0 Å². The van der Waals surface area contributed by atoms with Crippen LogP contribution in [0.15, 0.2) is 47.2 Å². The maximum absolute atomic E-state index is 3.54. The number of anilines is 1. The van der Waals surface area contributed by atoms with Crippen LogP contribution in [0.25, 0.3) is 0 Å². The first-order valence-electron chi connectivity index (χ1n) is 5.24.